The first-order valence-electron chi connectivity index (χ1n) is 14.8. The molecule has 3 aliphatic rings. The summed E-state index contributed by atoms with van der Waals surface area (Å²) in [7, 11) is 0. The predicted octanol–water partition coefficient (Wildman–Crippen LogP) is 3.70. The lowest BCUT2D eigenvalue weighted by molar-refractivity contribution is -0.274. The lowest BCUT2D eigenvalue weighted by Gasteiger charge is -2.38. The lowest BCUT2D eigenvalue weighted by atomic mass is 9.82. The number of hydrogen-bond acceptors (Lipinski definition) is 9. The zero-order valence-electron chi connectivity index (χ0n) is 24.2. The summed E-state index contributed by atoms with van der Waals surface area (Å²) in [5, 5.41) is 0. The third kappa shape index (κ3) is 6.99. The number of carbonyl (C=O) groups is 1. The SMILES string of the molecule is Nc1nc2c(c(N3CCN(CCO[C@H]4C[C@H](C(N)=O)C4)CC3)n1)CCc1cc(OCc3ccc(OC(F)(F)F)cc3)ccc1-2. The average Bonchev–Trinajstić information content (AvgIpc) is 2.96. The zero-order valence-corrected chi connectivity index (χ0v) is 24.2. The molecule has 2 heterocycles. The van der Waals surface area contributed by atoms with Gasteiger partial charge in [-0.3, -0.25) is 9.69 Å². The number of nitrogen functional groups attached to an aromatic ring is 1. The van der Waals surface area contributed by atoms with Crippen molar-refractivity contribution >= 4 is 17.7 Å². The Morgan fingerprint density at radius 3 is 2.41 bits per heavy atom. The van der Waals surface area contributed by atoms with E-state index in [-0.39, 0.29) is 36.2 Å². The Bertz CT molecular complexity index is 1490. The van der Waals surface area contributed by atoms with Gasteiger partial charge in [-0.1, -0.05) is 12.1 Å². The minimum Gasteiger partial charge on any atom is -0.489 e. The quantitative estimate of drug-likeness (QED) is 0.352. The zero-order chi connectivity index (χ0) is 30.8. The number of anilines is 2. The van der Waals surface area contributed by atoms with Gasteiger partial charge in [0.05, 0.1) is 18.4 Å². The summed E-state index contributed by atoms with van der Waals surface area (Å²) >= 11 is 0. The molecule has 0 radical (unpaired) electrons. The molecule has 2 aromatic carbocycles. The van der Waals surface area contributed by atoms with E-state index in [1.54, 1.807) is 12.1 Å². The maximum Gasteiger partial charge on any atom is 0.573 e. The summed E-state index contributed by atoms with van der Waals surface area (Å²) < 4.78 is 53.0. The van der Waals surface area contributed by atoms with Crippen molar-refractivity contribution in [1.82, 2.24) is 14.9 Å². The van der Waals surface area contributed by atoms with Crippen LogP contribution in [0.15, 0.2) is 42.5 Å². The van der Waals surface area contributed by atoms with E-state index in [1.807, 2.05) is 18.2 Å². The van der Waals surface area contributed by atoms with Gasteiger partial charge >= 0.3 is 6.36 Å². The van der Waals surface area contributed by atoms with E-state index in [2.05, 4.69) is 24.5 Å². The van der Waals surface area contributed by atoms with Crippen molar-refractivity contribution in [3.63, 3.8) is 0 Å². The smallest absolute Gasteiger partial charge is 0.489 e. The Kier molecular flexibility index (Phi) is 8.50. The molecular formula is C31H35F3N6O4. The molecule has 1 saturated carbocycles. The predicted molar refractivity (Wildman–Crippen MR) is 157 cm³/mol. The van der Waals surface area contributed by atoms with Crippen molar-refractivity contribution in [3.8, 4) is 22.8 Å². The normalized spacial score (nSPS) is 19.9. The molecule has 2 aliphatic carbocycles. The Morgan fingerprint density at radius 1 is 0.977 bits per heavy atom. The van der Waals surface area contributed by atoms with E-state index >= 15 is 0 Å². The lowest BCUT2D eigenvalue weighted by Crippen LogP contribution is -2.48. The fourth-order valence-electron chi connectivity index (χ4n) is 5.98. The van der Waals surface area contributed by atoms with Crippen LogP contribution in [0, 0.1) is 5.92 Å². The van der Waals surface area contributed by atoms with Crippen LogP contribution in [-0.2, 0) is 29.0 Å². The standard InChI is InChI=1S/C31H35F3N6O4/c32-31(33,34)44-22-4-1-19(2-5-22)18-43-23-6-8-25-20(15-23)3-7-26-27(25)37-30(36)38-29(26)40-11-9-39(10-12-40)13-14-42-24-16-21(17-24)28(35)41/h1-2,4-6,8,15,21,24H,3,7,9-14,16-18H2,(H2,35,41)(H2,36,37,38)/t21-,24-. The number of nitrogens with zero attached hydrogens (tertiary/aromatic N) is 4. The highest BCUT2D eigenvalue weighted by Crippen LogP contribution is 2.39. The van der Waals surface area contributed by atoms with Crippen LogP contribution in [0.25, 0.3) is 11.3 Å². The number of halogens is 3. The molecule has 234 valence electrons. The first kappa shape index (κ1) is 29.9. The number of piperazine rings is 1. The van der Waals surface area contributed by atoms with E-state index in [1.165, 1.54) is 12.1 Å². The number of fused-ring (bicyclic) bond motifs is 3. The minimum absolute atomic E-state index is 0.0402. The van der Waals surface area contributed by atoms with Crippen LogP contribution in [0.4, 0.5) is 24.9 Å². The molecule has 2 fully saturated rings. The Morgan fingerprint density at radius 2 is 1.70 bits per heavy atom. The number of hydrogen-bond donors (Lipinski definition) is 2. The van der Waals surface area contributed by atoms with Gasteiger partial charge in [0.1, 0.15) is 23.9 Å². The molecule has 0 spiro atoms. The van der Waals surface area contributed by atoms with Crippen molar-refractivity contribution < 1.29 is 32.2 Å². The molecule has 10 nitrogen and oxygen atoms in total. The summed E-state index contributed by atoms with van der Waals surface area (Å²) in [6.07, 6.45) is -1.58. The highest BCUT2D eigenvalue weighted by molar-refractivity contribution is 5.77. The highest BCUT2D eigenvalue weighted by Gasteiger charge is 2.34. The molecule has 6 rings (SSSR count). The Labute approximate surface area is 253 Å². The summed E-state index contributed by atoms with van der Waals surface area (Å²) in [6, 6.07) is 11.4. The number of primary amides is 1. The number of amides is 1. The summed E-state index contributed by atoms with van der Waals surface area (Å²) in [5.41, 5.74) is 16.3. The number of aryl methyl sites for hydroxylation is 1. The number of carbonyl (C=O) groups excluding carboxylic acids is 1. The summed E-state index contributed by atoms with van der Waals surface area (Å²) in [4.78, 5) is 25.1. The van der Waals surface area contributed by atoms with Gasteiger partial charge in [-0.2, -0.15) is 4.98 Å². The molecule has 4 N–H and O–H groups in total. The monoisotopic (exact) mass is 612 g/mol. The van der Waals surface area contributed by atoms with Crippen LogP contribution in [0.3, 0.4) is 0 Å². The maximum atomic E-state index is 12.4. The number of aromatic nitrogens is 2. The van der Waals surface area contributed by atoms with Gasteiger partial charge in [0.25, 0.3) is 0 Å². The van der Waals surface area contributed by atoms with E-state index in [0.717, 1.165) is 92.2 Å². The van der Waals surface area contributed by atoms with Crippen LogP contribution >= 0.6 is 0 Å². The van der Waals surface area contributed by atoms with Crippen molar-refractivity contribution in [1.29, 1.82) is 0 Å². The van der Waals surface area contributed by atoms with Crippen LogP contribution in [0.1, 0.15) is 29.5 Å². The van der Waals surface area contributed by atoms with Gasteiger partial charge in [-0.15, -0.1) is 13.2 Å². The second kappa shape index (κ2) is 12.5. The van der Waals surface area contributed by atoms with Gasteiger partial charge in [-0.05, 0) is 67.1 Å². The maximum absolute atomic E-state index is 12.4. The number of ether oxygens (including phenoxy) is 3. The minimum atomic E-state index is -4.73. The molecular weight excluding hydrogens is 577 g/mol. The van der Waals surface area contributed by atoms with Crippen LogP contribution in [-0.4, -0.2) is 72.6 Å². The Hall–Kier alpha value is -4.10. The summed E-state index contributed by atoms with van der Waals surface area (Å²) in [5.74, 6) is 1.23. The van der Waals surface area contributed by atoms with Gasteiger partial charge in [0, 0.05) is 49.8 Å². The molecule has 1 amide bonds. The topological polar surface area (TPSA) is 129 Å². The van der Waals surface area contributed by atoms with E-state index in [0.29, 0.717) is 12.4 Å². The molecule has 1 saturated heterocycles. The van der Waals surface area contributed by atoms with Crippen LogP contribution in [0.2, 0.25) is 0 Å². The fraction of sp³-hybridized carbons (Fsp3) is 0.452. The molecule has 3 aromatic rings. The molecule has 1 aromatic heterocycles. The van der Waals surface area contributed by atoms with Crippen molar-refractivity contribution in [2.24, 2.45) is 11.7 Å². The molecule has 44 heavy (non-hydrogen) atoms. The summed E-state index contributed by atoms with van der Waals surface area (Å²) in [6.45, 7) is 5.08. The van der Waals surface area contributed by atoms with Crippen molar-refractivity contribution in [3.05, 3.63) is 59.2 Å². The molecule has 1 aliphatic heterocycles. The Balaban J connectivity index is 1.05. The first-order valence-corrected chi connectivity index (χ1v) is 14.8. The van der Waals surface area contributed by atoms with Gasteiger partial charge in [0.15, 0.2) is 0 Å². The van der Waals surface area contributed by atoms with Gasteiger partial charge < -0.3 is 30.6 Å². The van der Waals surface area contributed by atoms with Gasteiger partial charge in [0.2, 0.25) is 11.9 Å². The van der Waals surface area contributed by atoms with E-state index in [9.17, 15) is 18.0 Å². The van der Waals surface area contributed by atoms with Crippen LogP contribution < -0.4 is 25.8 Å². The average molecular weight is 613 g/mol. The third-order valence-electron chi connectivity index (χ3n) is 8.47. The van der Waals surface area contributed by atoms with Crippen LogP contribution in [0.5, 0.6) is 11.5 Å². The molecule has 0 unspecified atom stereocenters. The van der Waals surface area contributed by atoms with Crippen molar-refractivity contribution in [2.45, 2.75) is 44.8 Å². The largest absolute Gasteiger partial charge is 0.573 e. The van der Waals surface area contributed by atoms with E-state index < -0.39 is 6.36 Å². The molecule has 0 atom stereocenters. The second-order valence-corrected chi connectivity index (χ2v) is 11.4. The molecule has 0 bridgehead atoms. The second-order valence-electron chi connectivity index (χ2n) is 11.4. The first-order chi connectivity index (χ1) is 21.1. The third-order valence-corrected chi connectivity index (χ3v) is 8.47. The molecule has 13 heteroatoms. The highest BCUT2D eigenvalue weighted by atomic mass is 19.4. The van der Waals surface area contributed by atoms with Crippen molar-refractivity contribution in [2.75, 3.05) is 50.0 Å². The number of rotatable bonds is 10. The number of nitrogens with two attached hydrogens (primary N) is 2. The number of alkyl halides is 3. The fourth-order valence-corrected chi connectivity index (χ4v) is 5.98. The number of benzene rings is 2. The van der Waals surface area contributed by atoms with Gasteiger partial charge in [-0.25, -0.2) is 4.98 Å². The van der Waals surface area contributed by atoms with E-state index in [4.69, 9.17) is 20.9 Å².